The van der Waals surface area contributed by atoms with Crippen LogP contribution in [0.2, 0.25) is 0 Å². The Morgan fingerprint density at radius 3 is 2.73 bits per heavy atom. The van der Waals surface area contributed by atoms with Crippen molar-refractivity contribution in [3.05, 3.63) is 64.3 Å². The number of benzene rings is 2. The van der Waals surface area contributed by atoms with Crippen molar-refractivity contribution in [3.8, 4) is 17.0 Å². The molecule has 1 heterocycles. The van der Waals surface area contributed by atoms with E-state index >= 15 is 0 Å². The molecule has 6 nitrogen and oxygen atoms in total. The van der Waals surface area contributed by atoms with E-state index in [4.69, 9.17) is 4.74 Å². The maximum absolute atomic E-state index is 9.42. The second-order valence-corrected chi connectivity index (χ2v) is 8.08. The van der Waals surface area contributed by atoms with Crippen LogP contribution in [-0.4, -0.2) is 40.7 Å². The van der Waals surface area contributed by atoms with E-state index in [1.165, 1.54) is 0 Å². The van der Waals surface area contributed by atoms with Crippen molar-refractivity contribution < 1.29 is 9.84 Å². The van der Waals surface area contributed by atoms with E-state index in [2.05, 4.69) is 56.2 Å². The smallest absolute Gasteiger partial charge is 0.227 e. The number of ether oxygens (including phenoxy) is 1. The first-order valence-electron chi connectivity index (χ1n) is 9.88. The Morgan fingerprint density at radius 2 is 2.00 bits per heavy atom. The van der Waals surface area contributed by atoms with E-state index < -0.39 is 0 Å². The van der Waals surface area contributed by atoms with Gasteiger partial charge in [-0.15, -0.1) is 0 Å². The van der Waals surface area contributed by atoms with E-state index in [9.17, 15) is 5.11 Å². The zero-order chi connectivity index (χ0) is 21.5. The van der Waals surface area contributed by atoms with Crippen LogP contribution >= 0.6 is 15.9 Å². The van der Waals surface area contributed by atoms with Crippen LogP contribution in [0.4, 0.5) is 11.6 Å². The molecule has 0 atom stereocenters. The van der Waals surface area contributed by atoms with Crippen molar-refractivity contribution in [3.63, 3.8) is 0 Å². The van der Waals surface area contributed by atoms with Gasteiger partial charge in [0.15, 0.2) is 0 Å². The summed E-state index contributed by atoms with van der Waals surface area (Å²) in [4.78, 5) is 11.3. The van der Waals surface area contributed by atoms with Crippen LogP contribution in [0.25, 0.3) is 11.3 Å². The summed E-state index contributed by atoms with van der Waals surface area (Å²) >= 11 is 3.46. The van der Waals surface area contributed by atoms with Gasteiger partial charge in [-0.3, -0.25) is 0 Å². The zero-order valence-corrected chi connectivity index (χ0v) is 19.1. The number of hydrogen-bond donors (Lipinski definition) is 2. The van der Waals surface area contributed by atoms with Crippen molar-refractivity contribution in [1.82, 2.24) is 14.9 Å². The molecule has 0 fully saturated rings. The van der Waals surface area contributed by atoms with Gasteiger partial charge in [-0.2, -0.15) is 0 Å². The molecule has 0 saturated heterocycles. The molecule has 2 aromatic carbocycles. The first kappa shape index (κ1) is 22.2. The maximum atomic E-state index is 9.42. The second kappa shape index (κ2) is 10.5. The fraction of sp³-hybridized carbons (Fsp3) is 0.304. The van der Waals surface area contributed by atoms with Gasteiger partial charge in [0.05, 0.1) is 19.4 Å². The zero-order valence-electron chi connectivity index (χ0n) is 17.5. The third-order valence-electron chi connectivity index (χ3n) is 4.67. The summed E-state index contributed by atoms with van der Waals surface area (Å²) < 4.78 is 6.43. The summed E-state index contributed by atoms with van der Waals surface area (Å²) in [5.74, 6) is 1.37. The molecule has 0 aliphatic rings. The van der Waals surface area contributed by atoms with Crippen LogP contribution in [0.5, 0.6) is 5.75 Å². The fourth-order valence-electron chi connectivity index (χ4n) is 3.34. The average Bonchev–Trinajstić information content (AvgIpc) is 2.73. The minimum atomic E-state index is -0.0316. The lowest BCUT2D eigenvalue weighted by molar-refractivity contribution is 0.282. The molecule has 0 bridgehead atoms. The molecule has 30 heavy (non-hydrogen) atoms. The molecule has 0 aliphatic carbocycles. The topological polar surface area (TPSA) is 70.5 Å². The number of aliphatic hydroxyl groups is 1. The predicted molar refractivity (Wildman–Crippen MR) is 124 cm³/mol. The fourth-order valence-corrected chi connectivity index (χ4v) is 3.88. The molecule has 0 spiro atoms. The van der Waals surface area contributed by atoms with Gasteiger partial charge in [0.1, 0.15) is 5.75 Å². The number of rotatable bonds is 9. The molecule has 0 aliphatic heterocycles. The third kappa shape index (κ3) is 5.78. The first-order valence-corrected chi connectivity index (χ1v) is 10.7. The Labute approximate surface area is 186 Å². The van der Waals surface area contributed by atoms with Gasteiger partial charge >= 0.3 is 0 Å². The summed E-state index contributed by atoms with van der Waals surface area (Å²) in [5, 5.41) is 12.6. The minimum Gasteiger partial charge on any atom is -0.496 e. The van der Waals surface area contributed by atoms with Crippen molar-refractivity contribution in [1.29, 1.82) is 0 Å². The Balaban J connectivity index is 1.87. The third-order valence-corrected chi connectivity index (χ3v) is 5.13. The summed E-state index contributed by atoms with van der Waals surface area (Å²) in [6.45, 7) is 3.98. The Morgan fingerprint density at radius 1 is 1.17 bits per heavy atom. The number of nitrogens with one attached hydrogen (secondary N) is 1. The van der Waals surface area contributed by atoms with Crippen LogP contribution in [0.3, 0.4) is 0 Å². The van der Waals surface area contributed by atoms with Gasteiger partial charge in [-0.1, -0.05) is 22.9 Å². The molecule has 2 N–H and O–H groups in total. The first-order chi connectivity index (χ1) is 14.5. The highest BCUT2D eigenvalue weighted by Gasteiger charge is 2.10. The van der Waals surface area contributed by atoms with Crippen molar-refractivity contribution in [2.45, 2.75) is 26.5 Å². The predicted octanol–water partition coefficient (Wildman–Crippen LogP) is 4.99. The molecule has 3 rings (SSSR count). The average molecular weight is 471 g/mol. The lowest BCUT2D eigenvalue weighted by atomic mass is 10.1. The minimum absolute atomic E-state index is 0.0316. The molecule has 3 aromatic rings. The Hall–Kier alpha value is -2.48. The van der Waals surface area contributed by atoms with Crippen molar-refractivity contribution in [2.24, 2.45) is 0 Å². The number of aromatic nitrogens is 2. The molecule has 0 unspecified atom stereocenters. The summed E-state index contributed by atoms with van der Waals surface area (Å²) in [6, 6.07) is 13.7. The van der Waals surface area contributed by atoms with E-state index in [1.807, 2.05) is 36.4 Å². The van der Waals surface area contributed by atoms with Crippen LogP contribution < -0.4 is 10.1 Å². The van der Waals surface area contributed by atoms with Gasteiger partial charge in [0, 0.05) is 34.0 Å². The second-order valence-electron chi connectivity index (χ2n) is 7.16. The normalized spacial score (nSPS) is 11.0. The lowest BCUT2D eigenvalue weighted by Gasteiger charge is -2.18. The molecule has 0 radical (unpaired) electrons. The number of nitrogens with zero attached hydrogens (tertiary/aromatic N) is 3. The van der Waals surface area contributed by atoms with Gasteiger partial charge in [0.25, 0.3) is 0 Å². The van der Waals surface area contributed by atoms with Crippen molar-refractivity contribution in [2.75, 3.05) is 26.0 Å². The number of aliphatic hydroxyl groups excluding tert-OH is 1. The lowest BCUT2D eigenvalue weighted by Crippen LogP contribution is -2.18. The van der Waals surface area contributed by atoms with E-state index in [0.717, 1.165) is 57.8 Å². The van der Waals surface area contributed by atoms with E-state index in [-0.39, 0.29) is 6.61 Å². The number of halogens is 1. The van der Waals surface area contributed by atoms with Crippen LogP contribution in [-0.2, 0) is 13.2 Å². The van der Waals surface area contributed by atoms with Crippen LogP contribution in [0.15, 0.2) is 53.1 Å². The number of anilines is 2. The Kier molecular flexibility index (Phi) is 7.79. The number of methoxy groups -OCH3 is 1. The highest BCUT2D eigenvalue weighted by atomic mass is 79.9. The summed E-state index contributed by atoms with van der Waals surface area (Å²) in [5.41, 5.74) is 4.57. The van der Waals surface area contributed by atoms with Gasteiger partial charge in [0.2, 0.25) is 5.95 Å². The SMILES string of the molecule is CCCN(C)Cc1cc(-c2ccnc(Nc3cc(Br)cc(CO)c3)n2)ccc1OC. The van der Waals surface area contributed by atoms with Crippen molar-refractivity contribution >= 4 is 27.6 Å². The van der Waals surface area contributed by atoms with Gasteiger partial charge in [-0.05, 0) is 68.0 Å². The molecule has 7 heteroatoms. The van der Waals surface area contributed by atoms with Gasteiger partial charge in [-0.25, -0.2) is 9.97 Å². The Bertz CT molecular complexity index is 997. The standard InChI is InChI=1S/C23H27BrN4O2/c1-4-9-28(2)14-18-12-17(5-6-22(18)30-3)21-7-8-25-23(27-21)26-20-11-16(15-29)10-19(24)13-20/h5-8,10-13,29H,4,9,14-15H2,1-3H3,(H,25,26,27). The van der Waals surface area contributed by atoms with E-state index in [0.29, 0.717) is 5.95 Å². The van der Waals surface area contributed by atoms with Gasteiger partial charge < -0.3 is 20.1 Å². The number of hydrogen-bond acceptors (Lipinski definition) is 6. The molecule has 1 aromatic heterocycles. The summed E-state index contributed by atoms with van der Waals surface area (Å²) in [7, 11) is 3.81. The quantitative estimate of drug-likeness (QED) is 0.458. The maximum Gasteiger partial charge on any atom is 0.227 e. The largest absolute Gasteiger partial charge is 0.496 e. The highest BCUT2D eigenvalue weighted by Crippen LogP contribution is 2.28. The highest BCUT2D eigenvalue weighted by molar-refractivity contribution is 9.10. The molecule has 158 valence electrons. The summed E-state index contributed by atoms with van der Waals surface area (Å²) in [6.07, 6.45) is 2.84. The van der Waals surface area contributed by atoms with E-state index in [1.54, 1.807) is 13.3 Å². The molecular formula is C23H27BrN4O2. The monoisotopic (exact) mass is 470 g/mol. The van der Waals surface area contributed by atoms with Crippen LogP contribution in [0, 0.1) is 0 Å². The molecule has 0 amide bonds. The molecular weight excluding hydrogens is 444 g/mol. The van der Waals surface area contributed by atoms with Crippen LogP contribution in [0.1, 0.15) is 24.5 Å². The molecule has 0 saturated carbocycles.